The largest absolute Gasteiger partial charge is 0.389 e. The lowest BCUT2D eigenvalue weighted by Gasteiger charge is -2.23. The van der Waals surface area contributed by atoms with Crippen molar-refractivity contribution in [3.8, 4) is 6.07 Å². The molecule has 0 aliphatic rings. The molecule has 17 heavy (non-hydrogen) atoms. The third kappa shape index (κ3) is 5.98. The Labute approximate surface area is 103 Å². The maximum Gasteiger partial charge on any atom is 0.228 e. The van der Waals surface area contributed by atoms with Crippen molar-refractivity contribution in [3.05, 3.63) is 0 Å². The molecule has 0 aliphatic heterocycles. The van der Waals surface area contributed by atoms with Crippen molar-refractivity contribution < 1.29 is 18.3 Å². The molecule has 2 unspecified atom stereocenters. The van der Waals surface area contributed by atoms with Crippen LogP contribution in [0.2, 0.25) is 0 Å². The van der Waals surface area contributed by atoms with E-state index in [-0.39, 0.29) is 13.0 Å². The van der Waals surface area contributed by atoms with E-state index >= 15 is 0 Å². The van der Waals surface area contributed by atoms with E-state index in [0.717, 1.165) is 0 Å². The van der Waals surface area contributed by atoms with E-state index in [2.05, 4.69) is 4.72 Å². The SMILES string of the molecule is CCC(C#N)S(=O)(=O)NCC(C)(O)CCOC. The second-order valence-corrected chi connectivity index (χ2v) is 6.08. The number of ether oxygens (including phenoxy) is 1. The van der Waals surface area contributed by atoms with Gasteiger partial charge in [0.05, 0.1) is 11.7 Å². The number of nitrogens with one attached hydrogen (secondary N) is 1. The number of nitrogens with zero attached hydrogens (tertiary/aromatic N) is 1. The quantitative estimate of drug-likeness (QED) is 0.642. The van der Waals surface area contributed by atoms with Gasteiger partial charge in [0, 0.05) is 26.7 Å². The van der Waals surface area contributed by atoms with E-state index in [0.29, 0.717) is 13.0 Å². The Balaban J connectivity index is 4.41. The lowest BCUT2D eigenvalue weighted by molar-refractivity contribution is 0.0291. The molecule has 0 spiro atoms. The zero-order valence-corrected chi connectivity index (χ0v) is 11.2. The Hall–Kier alpha value is -0.680. The fourth-order valence-electron chi connectivity index (χ4n) is 1.15. The molecule has 6 nitrogen and oxygen atoms in total. The van der Waals surface area contributed by atoms with Gasteiger partial charge < -0.3 is 9.84 Å². The average Bonchev–Trinajstić information content (AvgIpc) is 2.25. The Morgan fingerprint density at radius 2 is 2.18 bits per heavy atom. The van der Waals surface area contributed by atoms with Crippen molar-refractivity contribution in [2.24, 2.45) is 0 Å². The minimum Gasteiger partial charge on any atom is -0.389 e. The summed E-state index contributed by atoms with van der Waals surface area (Å²) < 4.78 is 30.3. The molecule has 0 saturated heterocycles. The van der Waals surface area contributed by atoms with Crippen LogP contribution in [-0.4, -0.2) is 44.6 Å². The summed E-state index contributed by atoms with van der Waals surface area (Å²) in [5.74, 6) is 0. The molecule has 7 heteroatoms. The van der Waals surface area contributed by atoms with Gasteiger partial charge in [-0.1, -0.05) is 6.92 Å². The van der Waals surface area contributed by atoms with Crippen LogP contribution in [0.25, 0.3) is 0 Å². The first-order chi connectivity index (χ1) is 7.79. The van der Waals surface area contributed by atoms with Crippen LogP contribution in [0.4, 0.5) is 0 Å². The zero-order chi connectivity index (χ0) is 13.5. The highest BCUT2D eigenvalue weighted by molar-refractivity contribution is 7.90. The average molecular weight is 264 g/mol. The smallest absolute Gasteiger partial charge is 0.228 e. The summed E-state index contributed by atoms with van der Waals surface area (Å²) in [6, 6.07) is 1.71. The van der Waals surface area contributed by atoms with Gasteiger partial charge in [0.25, 0.3) is 0 Å². The van der Waals surface area contributed by atoms with Gasteiger partial charge in [-0.3, -0.25) is 0 Å². The van der Waals surface area contributed by atoms with Crippen molar-refractivity contribution >= 4 is 10.0 Å². The molecule has 0 rings (SSSR count). The van der Waals surface area contributed by atoms with Crippen molar-refractivity contribution in [2.75, 3.05) is 20.3 Å². The van der Waals surface area contributed by atoms with Gasteiger partial charge in [0.15, 0.2) is 5.25 Å². The number of aliphatic hydroxyl groups is 1. The number of rotatable bonds is 8. The van der Waals surface area contributed by atoms with Crippen LogP contribution in [0, 0.1) is 11.3 Å². The normalized spacial score (nSPS) is 17.1. The highest BCUT2D eigenvalue weighted by atomic mass is 32.2. The molecule has 0 saturated carbocycles. The first-order valence-corrected chi connectivity index (χ1v) is 6.93. The molecular weight excluding hydrogens is 244 g/mol. The summed E-state index contributed by atoms with van der Waals surface area (Å²) in [5.41, 5.74) is -1.18. The highest BCUT2D eigenvalue weighted by Crippen LogP contribution is 2.10. The van der Waals surface area contributed by atoms with Crippen molar-refractivity contribution in [3.63, 3.8) is 0 Å². The summed E-state index contributed by atoms with van der Waals surface area (Å²) in [4.78, 5) is 0. The second-order valence-electron chi connectivity index (χ2n) is 4.13. The molecule has 0 aliphatic carbocycles. The van der Waals surface area contributed by atoms with E-state index in [4.69, 9.17) is 10.00 Å². The minimum atomic E-state index is -3.69. The van der Waals surface area contributed by atoms with Crippen LogP contribution >= 0.6 is 0 Å². The molecular formula is C10H20N2O4S. The Morgan fingerprint density at radius 1 is 1.59 bits per heavy atom. The van der Waals surface area contributed by atoms with E-state index in [1.807, 2.05) is 0 Å². The van der Waals surface area contributed by atoms with Crippen molar-refractivity contribution in [1.82, 2.24) is 4.72 Å². The fraction of sp³-hybridized carbons (Fsp3) is 0.900. The third-order valence-electron chi connectivity index (χ3n) is 2.39. The van der Waals surface area contributed by atoms with Crippen LogP contribution in [0.1, 0.15) is 26.7 Å². The molecule has 2 atom stereocenters. The van der Waals surface area contributed by atoms with E-state index in [1.165, 1.54) is 14.0 Å². The lowest BCUT2D eigenvalue weighted by Crippen LogP contribution is -2.44. The predicted octanol–water partition coefficient (Wildman–Crippen LogP) is -0.00452. The number of hydrogen-bond acceptors (Lipinski definition) is 5. The molecule has 0 aromatic heterocycles. The molecule has 0 heterocycles. The topological polar surface area (TPSA) is 99.4 Å². The van der Waals surface area contributed by atoms with Gasteiger partial charge >= 0.3 is 0 Å². The fourth-order valence-corrected chi connectivity index (χ4v) is 2.44. The maximum atomic E-state index is 11.6. The monoisotopic (exact) mass is 264 g/mol. The van der Waals surface area contributed by atoms with E-state index in [1.54, 1.807) is 13.0 Å². The van der Waals surface area contributed by atoms with Crippen LogP contribution < -0.4 is 4.72 Å². The van der Waals surface area contributed by atoms with Gasteiger partial charge in [0.1, 0.15) is 0 Å². The van der Waals surface area contributed by atoms with Crippen molar-refractivity contribution in [1.29, 1.82) is 5.26 Å². The van der Waals surface area contributed by atoms with Gasteiger partial charge in [0.2, 0.25) is 10.0 Å². The summed E-state index contributed by atoms with van der Waals surface area (Å²) in [6.45, 7) is 3.35. The van der Waals surface area contributed by atoms with Crippen LogP contribution in [0.3, 0.4) is 0 Å². The molecule has 0 aromatic rings. The van der Waals surface area contributed by atoms with Gasteiger partial charge in [-0.05, 0) is 13.3 Å². The Bertz CT molecular complexity index is 359. The highest BCUT2D eigenvalue weighted by Gasteiger charge is 2.27. The minimum absolute atomic E-state index is 0.128. The first kappa shape index (κ1) is 16.3. The van der Waals surface area contributed by atoms with Gasteiger partial charge in [-0.15, -0.1) is 0 Å². The number of methoxy groups -OCH3 is 1. The molecule has 2 N–H and O–H groups in total. The maximum absolute atomic E-state index is 11.6. The molecule has 0 amide bonds. The first-order valence-electron chi connectivity index (χ1n) is 5.38. The summed E-state index contributed by atoms with van der Waals surface area (Å²) in [6.07, 6.45) is 0.529. The van der Waals surface area contributed by atoms with E-state index in [9.17, 15) is 13.5 Å². The van der Waals surface area contributed by atoms with Gasteiger partial charge in [-0.2, -0.15) is 5.26 Å². The Morgan fingerprint density at radius 3 is 2.59 bits per heavy atom. The van der Waals surface area contributed by atoms with E-state index < -0.39 is 20.9 Å². The standard InChI is InChI=1S/C10H20N2O4S/c1-4-9(7-11)17(14,15)12-8-10(2,13)5-6-16-3/h9,12-13H,4-6,8H2,1-3H3. The molecule has 100 valence electrons. The summed E-state index contributed by atoms with van der Waals surface area (Å²) in [5, 5.41) is 17.4. The molecule has 0 aromatic carbocycles. The third-order valence-corrected chi connectivity index (χ3v) is 4.12. The zero-order valence-electron chi connectivity index (χ0n) is 10.4. The Kier molecular flexibility index (Phi) is 6.64. The molecule has 0 radical (unpaired) electrons. The van der Waals surface area contributed by atoms with Crippen LogP contribution in [0.5, 0.6) is 0 Å². The van der Waals surface area contributed by atoms with Crippen LogP contribution in [0.15, 0.2) is 0 Å². The summed E-state index contributed by atoms with van der Waals surface area (Å²) in [7, 11) is -2.19. The van der Waals surface area contributed by atoms with Crippen LogP contribution in [-0.2, 0) is 14.8 Å². The molecule has 0 fully saturated rings. The van der Waals surface area contributed by atoms with Gasteiger partial charge in [-0.25, -0.2) is 13.1 Å². The number of hydrogen-bond donors (Lipinski definition) is 2. The van der Waals surface area contributed by atoms with Crippen molar-refractivity contribution in [2.45, 2.75) is 37.5 Å². The second kappa shape index (κ2) is 6.91. The number of sulfonamides is 1. The molecule has 0 bridgehead atoms. The summed E-state index contributed by atoms with van der Waals surface area (Å²) >= 11 is 0. The lowest BCUT2D eigenvalue weighted by atomic mass is 10.0. The number of nitriles is 1. The predicted molar refractivity (Wildman–Crippen MR) is 63.7 cm³/mol.